The lowest BCUT2D eigenvalue weighted by Gasteiger charge is -2.29. The topological polar surface area (TPSA) is 144 Å². The lowest BCUT2D eigenvalue weighted by Crippen LogP contribution is -2.40. The Morgan fingerprint density at radius 3 is 2.62 bits per heavy atom. The molecule has 10 nitrogen and oxygen atoms in total. The first-order chi connectivity index (χ1) is 17.5. The van der Waals surface area contributed by atoms with Crippen molar-refractivity contribution in [1.29, 1.82) is 0 Å². The molecule has 1 aliphatic rings. The molecule has 0 atom stereocenters. The van der Waals surface area contributed by atoms with E-state index in [-0.39, 0.29) is 41.3 Å². The Bertz CT molecular complexity index is 1280. The summed E-state index contributed by atoms with van der Waals surface area (Å²) in [6.07, 6.45) is 2.25. The largest absolute Gasteiger partial charge is 0.474 e. The Morgan fingerprint density at radius 1 is 1.24 bits per heavy atom. The molecule has 2 amide bonds. The summed E-state index contributed by atoms with van der Waals surface area (Å²) in [5.41, 5.74) is 5.27. The van der Waals surface area contributed by atoms with E-state index in [0.29, 0.717) is 31.4 Å². The minimum Gasteiger partial charge on any atom is -0.474 e. The molecule has 0 saturated heterocycles. The number of rotatable bonds is 9. The number of primary amides is 1. The van der Waals surface area contributed by atoms with E-state index in [1.165, 1.54) is 16.8 Å². The van der Waals surface area contributed by atoms with E-state index >= 15 is 0 Å². The minimum atomic E-state index is -2.89. The van der Waals surface area contributed by atoms with Crippen molar-refractivity contribution in [3.05, 3.63) is 53.7 Å². The summed E-state index contributed by atoms with van der Waals surface area (Å²) >= 11 is 0. The van der Waals surface area contributed by atoms with Crippen molar-refractivity contribution < 1.29 is 28.2 Å². The van der Waals surface area contributed by atoms with Crippen LogP contribution in [0.15, 0.2) is 36.7 Å². The van der Waals surface area contributed by atoms with Gasteiger partial charge in [-0.15, -0.1) is 0 Å². The number of nitrogens with two attached hydrogens (primary N) is 1. The number of nitrogens with one attached hydrogen (secondary N) is 2. The summed E-state index contributed by atoms with van der Waals surface area (Å²) in [7, 11) is 0. The highest BCUT2D eigenvalue weighted by Gasteiger charge is 2.28. The van der Waals surface area contributed by atoms with Crippen LogP contribution < -0.4 is 21.1 Å². The van der Waals surface area contributed by atoms with Gasteiger partial charge in [-0.3, -0.25) is 14.0 Å². The monoisotopic (exact) mass is 516 g/mol. The number of fused-ring (bicyclic) bond motifs is 1. The number of pyridine rings is 2. The minimum absolute atomic E-state index is 0.0812. The second-order valence-corrected chi connectivity index (χ2v) is 9.74. The van der Waals surface area contributed by atoms with Crippen LogP contribution in [0.1, 0.15) is 72.6 Å². The molecular formula is C25H30F2N6O4. The van der Waals surface area contributed by atoms with Gasteiger partial charge in [-0.1, -0.05) is 0 Å². The molecule has 198 valence electrons. The lowest BCUT2D eigenvalue weighted by molar-refractivity contribution is 0.0877. The fourth-order valence-electron chi connectivity index (χ4n) is 4.26. The van der Waals surface area contributed by atoms with Gasteiger partial charge in [0.05, 0.1) is 16.8 Å². The zero-order valence-corrected chi connectivity index (χ0v) is 20.6. The number of imidazole rings is 1. The third-order valence-corrected chi connectivity index (χ3v) is 6.12. The molecule has 0 aliphatic heterocycles. The molecule has 0 aromatic carbocycles. The molecule has 1 fully saturated rings. The first-order valence-electron chi connectivity index (χ1n) is 12.0. The van der Waals surface area contributed by atoms with Crippen LogP contribution in [0.2, 0.25) is 0 Å². The number of aromatic nitrogens is 3. The molecule has 0 bridgehead atoms. The molecule has 1 aliphatic carbocycles. The predicted octanol–water partition coefficient (Wildman–Crippen LogP) is 3.07. The molecular weight excluding hydrogens is 486 g/mol. The van der Waals surface area contributed by atoms with Gasteiger partial charge in [0.25, 0.3) is 18.2 Å². The van der Waals surface area contributed by atoms with E-state index in [4.69, 9.17) is 10.5 Å². The van der Waals surface area contributed by atoms with Gasteiger partial charge in [-0.25, -0.2) is 18.7 Å². The third-order valence-electron chi connectivity index (χ3n) is 6.12. The zero-order chi connectivity index (χ0) is 26.7. The summed E-state index contributed by atoms with van der Waals surface area (Å²) in [4.78, 5) is 32.7. The van der Waals surface area contributed by atoms with Gasteiger partial charge in [0, 0.05) is 25.0 Å². The molecule has 12 heteroatoms. The fourth-order valence-corrected chi connectivity index (χ4v) is 4.26. The molecule has 3 aromatic heterocycles. The van der Waals surface area contributed by atoms with Crippen molar-refractivity contribution in [2.75, 3.05) is 11.9 Å². The molecule has 3 heterocycles. The standard InChI is InChI=1S/C25H30F2N6O4/c1-25(2,36)13-30-15-7-10-18-19(32-22(20(26)27)33(18)12-15)23(35)31-14-5-8-16(9-6-14)37-24-17(21(28)34)4-3-11-29-24/h3-4,7,10-12,14,16,20,30,36H,5-6,8-9,13H2,1-2H3,(H2,28,34)(H,31,35). The van der Waals surface area contributed by atoms with Crippen molar-refractivity contribution in [2.24, 2.45) is 5.73 Å². The normalized spacial score (nSPS) is 18.1. The smallest absolute Gasteiger partial charge is 0.295 e. The van der Waals surface area contributed by atoms with Gasteiger partial charge in [0.2, 0.25) is 5.88 Å². The second-order valence-electron chi connectivity index (χ2n) is 9.74. The van der Waals surface area contributed by atoms with Gasteiger partial charge in [-0.05, 0) is 63.8 Å². The molecule has 4 rings (SSSR count). The number of carbonyl (C=O) groups is 2. The van der Waals surface area contributed by atoms with Crippen molar-refractivity contribution in [3.63, 3.8) is 0 Å². The number of nitrogens with zero attached hydrogens (tertiary/aromatic N) is 3. The molecule has 37 heavy (non-hydrogen) atoms. The van der Waals surface area contributed by atoms with Crippen LogP contribution in [0, 0.1) is 0 Å². The van der Waals surface area contributed by atoms with Gasteiger partial charge in [0.15, 0.2) is 11.5 Å². The average molecular weight is 517 g/mol. The summed E-state index contributed by atoms with van der Waals surface area (Å²) < 4.78 is 34.5. The maximum Gasteiger partial charge on any atom is 0.295 e. The molecule has 1 saturated carbocycles. The van der Waals surface area contributed by atoms with Gasteiger partial charge in [0.1, 0.15) is 11.7 Å². The summed E-state index contributed by atoms with van der Waals surface area (Å²) in [6.45, 7) is 3.46. The lowest BCUT2D eigenvalue weighted by atomic mass is 9.93. The van der Waals surface area contributed by atoms with Crippen molar-refractivity contribution >= 4 is 23.0 Å². The van der Waals surface area contributed by atoms with E-state index in [9.17, 15) is 23.5 Å². The number of hydrogen-bond donors (Lipinski definition) is 4. The van der Waals surface area contributed by atoms with Crippen molar-refractivity contribution in [1.82, 2.24) is 19.7 Å². The Morgan fingerprint density at radius 2 is 1.97 bits per heavy atom. The fraction of sp³-hybridized carbons (Fsp3) is 0.440. The molecule has 0 spiro atoms. The molecule has 5 N–H and O–H groups in total. The molecule has 0 unspecified atom stereocenters. The predicted molar refractivity (Wildman–Crippen MR) is 132 cm³/mol. The van der Waals surface area contributed by atoms with E-state index in [1.54, 1.807) is 38.1 Å². The van der Waals surface area contributed by atoms with E-state index in [0.717, 1.165) is 0 Å². The van der Waals surface area contributed by atoms with E-state index in [2.05, 4.69) is 20.6 Å². The van der Waals surface area contributed by atoms with Crippen LogP contribution in [0.3, 0.4) is 0 Å². The third kappa shape index (κ3) is 6.31. The van der Waals surface area contributed by atoms with Gasteiger partial charge >= 0.3 is 0 Å². The van der Waals surface area contributed by atoms with Crippen LogP contribution >= 0.6 is 0 Å². The summed E-state index contributed by atoms with van der Waals surface area (Å²) in [5, 5.41) is 15.8. The number of anilines is 1. The van der Waals surface area contributed by atoms with Crippen molar-refractivity contribution in [3.8, 4) is 5.88 Å². The van der Waals surface area contributed by atoms with Crippen LogP contribution in [0.5, 0.6) is 5.88 Å². The summed E-state index contributed by atoms with van der Waals surface area (Å²) in [5.74, 6) is -1.51. The van der Waals surface area contributed by atoms with E-state index < -0.39 is 29.7 Å². The Labute approximate surface area is 212 Å². The SMILES string of the molecule is CC(C)(O)CNc1ccc2c(C(=O)NC3CCC(Oc4ncccc4C(N)=O)CC3)nc(C(F)F)n2c1. The summed E-state index contributed by atoms with van der Waals surface area (Å²) in [6, 6.07) is 6.16. The highest BCUT2D eigenvalue weighted by atomic mass is 19.3. The van der Waals surface area contributed by atoms with Gasteiger partial charge < -0.3 is 26.2 Å². The van der Waals surface area contributed by atoms with Crippen molar-refractivity contribution in [2.45, 2.75) is 63.7 Å². The number of alkyl halides is 2. The van der Waals surface area contributed by atoms with Crippen LogP contribution in [0.25, 0.3) is 5.52 Å². The van der Waals surface area contributed by atoms with Crippen LogP contribution in [0.4, 0.5) is 14.5 Å². The first kappa shape index (κ1) is 26.3. The van der Waals surface area contributed by atoms with Gasteiger partial charge in [-0.2, -0.15) is 0 Å². The van der Waals surface area contributed by atoms with E-state index in [1.807, 2.05) is 0 Å². The molecule has 3 aromatic rings. The zero-order valence-electron chi connectivity index (χ0n) is 20.6. The number of aliphatic hydroxyl groups is 1. The maximum atomic E-state index is 13.7. The number of halogens is 2. The highest BCUT2D eigenvalue weighted by Crippen LogP contribution is 2.27. The number of hydrogen-bond acceptors (Lipinski definition) is 7. The van der Waals surface area contributed by atoms with Crippen LogP contribution in [-0.2, 0) is 0 Å². The first-order valence-corrected chi connectivity index (χ1v) is 12.0. The maximum absolute atomic E-state index is 13.7. The Balaban J connectivity index is 1.42. The molecule has 0 radical (unpaired) electrons. The van der Waals surface area contributed by atoms with Crippen LogP contribution in [-0.4, -0.2) is 55.6 Å². The quantitative estimate of drug-likeness (QED) is 0.342. The number of amides is 2. The Hall–Kier alpha value is -3.80. The number of carbonyl (C=O) groups excluding carboxylic acids is 2. The second kappa shape index (κ2) is 10.7. The number of ether oxygens (including phenoxy) is 1. The highest BCUT2D eigenvalue weighted by molar-refractivity contribution is 5.99. The average Bonchev–Trinajstić information content (AvgIpc) is 3.23. The Kier molecular flexibility index (Phi) is 7.58.